The lowest BCUT2D eigenvalue weighted by Crippen LogP contribution is -2.60. The Hall–Kier alpha value is -4.94. The van der Waals surface area contributed by atoms with Crippen molar-refractivity contribution >= 4 is 33.6 Å². The van der Waals surface area contributed by atoms with Crippen molar-refractivity contribution in [3.63, 3.8) is 0 Å². The Morgan fingerprint density at radius 3 is 2.58 bits per heavy atom. The van der Waals surface area contributed by atoms with Crippen molar-refractivity contribution in [2.24, 2.45) is 5.41 Å². The summed E-state index contributed by atoms with van der Waals surface area (Å²) >= 11 is 0. The van der Waals surface area contributed by atoms with Crippen LogP contribution in [0.1, 0.15) is 77.5 Å². The minimum Gasteiger partial charge on any atom is -0.468 e. The Bertz CT molecular complexity index is 2420. The molecule has 3 saturated heterocycles. The third kappa shape index (κ3) is 6.57. The van der Waals surface area contributed by atoms with Gasteiger partial charge in [0.2, 0.25) is 0 Å². The normalized spacial score (nSPS) is 25.8. The van der Waals surface area contributed by atoms with Crippen LogP contribution < -0.4 is 14.4 Å². The summed E-state index contributed by atoms with van der Waals surface area (Å²) in [5.41, 5.74) is -1.89. The van der Waals surface area contributed by atoms with Crippen LogP contribution in [0.25, 0.3) is 32.9 Å². The molecule has 1 spiro atoms. The first-order valence-corrected chi connectivity index (χ1v) is 20.4. The zero-order valence-corrected chi connectivity index (χ0v) is 34.0. The van der Waals surface area contributed by atoms with E-state index in [4.69, 9.17) is 40.3 Å². The number of hydrogen-bond donors (Lipinski definition) is 0. The molecule has 4 aromatic rings. The summed E-state index contributed by atoms with van der Waals surface area (Å²) in [6, 6.07) is 5.42. The topological polar surface area (TPSA) is 102 Å². The van der Waals surface area contributed by atoms with E-state index in [2.05, 4.69) is 15.7 Å². The molecule has 1 saturated carbocycles. The fourth-order valence-corrected chi connectivity index (χ4v) is 10.1. The number of nitrogens with zero attached hydrogens (tertiary/aromatic N) is 6. The van der Waals surface area contributed by atoms with E-state index in [1.165, 1.54) is 13.2 Å². The molecule has 1 aliphatic carbocycles. The highest BCUT2D eigenvalue weighted by atomic mass is 19.3. The van der Waals surface area contributed by atoms with Crippen molar-refractivity contribution in [2.45, 2.75) is 102 Å². The number of pyridine rings is 1. The van der Waals surface area contributed by atoms with Gasteiger partial charge in [0, 0.05) is 50.2 Å². The van der Waals surface area contributed by atoms with Gasteiger partial charge in [-0.3, -0.25) is 4.90 Å². The lowest BCUT2D eigenvalue weighted by Gasteiger charge is -2.46. The SMILES string of the molecule is C#Cc1c(F)ccc2cc(OCOC)cc(-c3nc4c5c(nc(OC[C@@]67CCCN6C[C@@]6(CC6(F)F)C7)nc5c3F)N3C[C@@H](CC)N(C(=O)OC(C)(C)C)C[C@H]3CC4)c12. The number of carbonyl (C=O) groups is 1. The molecule has 2 aromatic carbocycles. The van der Waals surface area contributed by atoms with E-state index in [-0.39, 0.29) is 65.6 Å². The van der Waals surface area contributed by atoms with E-state index in [0.29, 0.717) is 86.3 Å². The van der Waals surface area contributed by atoms with E-state index in [9.17, 15) is 13.6 Å². The van der Waals surface area contributed by atoms with Gasteiger partial charge in [-0.25, -0.2) is 27.3 Å². The third-order valence-electron chi connectivity index (χ3n) is 13.0. The molecule has 0 bridgehead atoms. The summed E-state index contributed by atoms with van der Waals surface area (Å²) in [6.45, 7) is 9.15. The third-order valence-corrected chi connectivity index (χ3v) is 13.0. The second-order valence-electron chi connectivity index (χ2n) is 17.9. The summed E-state index contributed by atoms with van der Waals surface area (Å²) in [5.74, 6) is -0.976. The molecule has 2 aromatic heterocycles. The second kappa shape index (κ2) is 14.1. The Labute approximate surface area is 340 Å². The fourth-order valence-electron chi connectivity index (χ4n) is 10.1. The molecular formula is C44H48F4N6O5. The van der Waals surface area contributed by atoms with E-state index in [1.807, 2.05) is 27.7 Å². The molecule has 4 fully saturated rings. The standard InChI is InChI=1S/C44H48F4N6O5/c1-7-26-18-53-27(19-54(26)40(55)59-41(3,4)5)11-13-32-34-37(50-39(51-38(34)53)57-23-43-14-9-15-52(43)22-42(20-43)21-44(42,47)48)35(46)36(49-32)30-17-28(58-24-56-6)16-25-10-12-31(45)29(8-2)33(25)30/h2,10,12,16-17,26-27H,7,9,11,13-15,18-24H2,1,3-6H3/t26-,27-,42+,43+/m1/s1. The smallest absolute Gasteiger partial charge is 0.410 e. The van der Waals surface area contributed by atoms with Crippen LogP contribution >= 0.6 is 0 Å². The number of rotatable bonds is 8. The summed E-state index contributed by atoms with van der Waals surface area (Å²) < 4.78 is 85.7. The summed E-state index contributed by atoms with van der Waals surface area (Å²) in [5, 5.41) is 1.18. The predicted octanol–water partition coefficient (Wildman–Crippen LogP) is 7.88. The Morgan fingerprint density at radius 1 is 1.07 bits per heavy atom. The summed E-state index contributed by atoms with van der Waals surface area (Å²) in [6.07, 6.45) is 8.66. The van der Waals surface area contributed by atoms with E-state index < -0.39 is 40.2 Å². The highest BCUT2D eigenvalue weighted by Crippen LogP contribution is 2.69. The average Bonchev–Trinajstić information content (AvgIpc) is 3.39. The molecule has 312 valence electrons. The zero-order chi connectivity index (χ0) is 41.6. The second-order valence-corrected chi connectivity index (χ2v) is 17.9. The Morgan fingerprint density at radius 2 is 1.86 bits per heavy atom. The van der Waals surface area contributed by atoms with Crippen molar-refractivity contribution in [1.29, 1.82) is 0 Å². The molecular weight excluding hydrogens is 769 g/mol. The first-order valence-electron chi connectivity index (χ1n) is 20.4. The number of halogens is 4. The van der Waals surface area contributed by atoms with Crippen molar-refractivity contribution in [3.8, 4) is 35.4 Å². The summed E-state index contributed by atoms with van der Waals surface area (Å²) in [7, 11) is 1.47. The number of aryl methyl sites for hydroxylation is 1. The number of carbonyl (C=O) groups excluding carboxylic acids is 1. The van der Waals surface area contributed by atoms with Gasteiger partial charge < -0.3 is 28.7 Å². The van der Waals surface area contributed by atoms with Crippen LogP contribution in [0.15, 0.2) is 24.3 Å². The molecule has 59 heavy (non-hydrogen) atoms. The number of hydrogen-bond acceptors (Lipinski definition) is 10. The monoisotopic (exact) mass is 816 g/mol. The van der Waals surface area contributed by atoms with Crippen LogP contribution in [0.4, 0.5) is 28.2 Å². The van der Waals surface area contributed by atoms with Gasteiger partial charge >= 0.3 is 12.1 Å². The van der Waals surface area contributed by atoms with Crippen molar-refractivity contribution in [1.82, 2.24) is 24.8 Å². The van der Waals surface area contributed by atoms with Gasteiger partial charge in [-0.15, -0.1) is 6.42 Å². The zero-order valence-electron chi connectivity index (χ0n) is 34.0. The fraction of sp³-hybridized carbons (Fsp3) is 0.545. The van der Waals surface area contributed by atoms with Crippen molar-refractivity contribution in [3.05, 3.63) is 47.2 Å². The number of ether oxygens (including phenoxy) is 4. The number of anilines is 1. The van der Waals surface area contributed by atoms with E-state index in [0.717, 1.165) is 6.42 Å². The molecule has 0 N–H and O–H groups in total. The van der Waals surface area contributed by atoms with Gasteiger partial charge in [0.25, 0.3) is 5.92 Å². The van der Waals surface area contributed by atoms with Crippen molar-refractivity contribution < 1.29 is 41.3 Å². The van der Waals surface area contributed by atoms with Gasteiger partial charge in [0.1, 0.15) is 40.8 Å². The molecule has 9 rings (SSSR count). The maximum atomic E-state index is 17.7. The Kier molecular flexibility index (Phi) is 9.43. The number of alkyl halides is 2. The molecule has 6 heterocycles. The van der Waals surface area contributed by atoms with Gasteiger partial charge in [0.05, 0.1) is 33.6 Å². The van der Waals surface area contributed by atoms with Crippen molar-refractivity contribution in [2.75, 3.05) is 51.6 Å². The number of amides is 1. The van der Waals surface area contributed by atoms with Gasteiger partial charge in [-0.2, -0.15) is 9.97 Å². The van der Waals surface area contributed by atoms with Gasteiger partial charge in [0.15, 0.2) is 12.6 Å². The van der Waals surface area contributed by atoms with E-state index in [1.54, 1.807) is 23.1 Å². The minimum atomic E-state index is -2.71. The maximum Gasteiger partial charge on any atom is 0.410 e. The van der Waals surface area contributed by atoms with Crippen LogP contribution in [0.2, 0.25) is 0 Å². The lowest BCUT2D eigenvalue weighted by atomic mass is 9.89. The molecule has 1 amide bonds. The van der Waals surface area contributed by atoms with Crippen LogP contribution in [0.3, 0.4) is 0 Å². The Balaban J connectivity index is 1.20. The predicted molar refractivity (Wildman–Crippen MR) is 213 cm³/mol. The van der Waals surface area contributed by atoms with Crippen LogP contribution in [0.5, 0.6) is 11.8 Å². The van der Waals surface area contributed by atoms with Crippen LogP contribution in [-0.4, -0.2) is 107 Å². The number of methoxy groups -OCH3 is 1. The first kappa shape index (κ1) is 39.5. The molecule has 0 unspecified atom stereocenters. The number of terminal acetylenes is 1. The molecule has 15 heteroatoms. The first-order chi connectivity index (χ1) is 28.1. The van der Waals surface area contributed by atoms with E-state index >= 15 is 8.78 Å². The molecule has 4 atom stereocenters. The van der Waals surface area contributed by atoms with Crippen LogP contribution in [-0.2, 0) is 15.9 Å². The molecule has 11 nitrogen and oxygen atoms in total. The van der Waals surface area contributed by atoms with Gasteiger partial charge in [-0.1, -0.05) is 18.9 Å². The largest absolute Gasteiger partial charge is 0.468 e. The molecule has 5 aliphatic rings. The van der Waals surface area contributed by atoms with Gasteiger partial charge in [-0.05, 0) is 89.4 Å². The number of piperazine rings is 1. The summed E-state index contributed by atoms with van der Waals surface area (Å²) in [4.78, 5) is 34.3. The highest BCUT2D eigenvalue weighted by Gasteiger charge is 2.77. The number of fused-ring (bicyclic) bond motifs is 4. The minimum absolute atomic E-state index is 0.0549. The number of benzene rings is 2. The number of aromatic nitrogens is 3. The average molecular weight is 817 g/mol. The highest BCUT2D eigenvalue weighted by molar-refractivity contribution is 6.03. The lowest BCUT2D eigenvalue weighted by molar-refractivity contribution is 0.00969. The molecule has 0 radical (unpaired) electrons. The maximum absolute atomic E-state index is 17.7. The van der Waals surface area contributed by atoms with Crippen LogP contribution in [0, 0.1) is 29.4 Å². The molecule has 4 aliphatic heterocycles. The quantitative estimate of drug-likeness (QED) is 0.0992.